The standard InChI is InChI=1S/C30H32FN3O4/c1-37-20-19-34-28(21-11-13-22(31)14-12-21)27(23-7-3-4-8-24(23)29(34)35)30(36)33-17-15-32(16-18-33)25-9-5-6-10-26(25)38-2/h3-14,27-28H,15-20H2,1-2H3/t27-,28+/m1/s1. The van der Waals surface area contributed by atoms with Gasteiger partial charge in [0.1, 0.15) is 11.6 Å². The summed E-state index contributed by atoms with van der Waals surface area (Å²) in [5, 5.41) is 0. The van der Waals surface area contributed by atoms with Gasteiger partial charge in [0.15, 0.2) is 0 Å². The predicted octanol–water partition coefficient (Wildman–Crippen LogP) is 4.11. The topological polar surface area (TPSA) is 62.3 Å². The molecule has 0 spiro atoms. The second-order valence-corrected chi connectivity index (χ2v) is 9.54. The number of anilines is 1. The Balaban J connectivity index is 1.48. The summed E-state index contributed by atoms with van der Waals surface area (Å²) in [6, 6.07) is 20.7. The van der Waals surface area contributed by atoms with Gasteiger partial charge in [-0.05, 0) is 41.5 Å². The maximum absolute atomic E-state index is 14.3. The number of halogens is 1. The highest BCUT2D eigenvalue weighted by Gasteiger charge is 2.45. The number of fused-ring (bicyclic) bond motifs is 1. The summed E-state index contributed by atoms with van der Waals surface area (Å²) in [5.41, 5.74) is 2.95. The van der Waals surface area contributed by atoms with E-state index in [1.54, 1.807) is 37.3 Å². The Morgan fingerprint density at radius 3 is 2.32 bits per heavy atom. The molecule has 0 aliphatic carbocycles. The zero-order chi connectivity index (χ0) is 26.6. The number of carbonyl (C=O) groups excluding carboxylic acids is 2. The molecule has 8 heteroatoms. The molecule has 2 amide bonds. The predicted molar refractivity (Wildman–Crippen MR) is 143 cm³/mol. The molecular formula is C30H32FN3O4. The highest BCUT2D eigenvalue weighted by atomic mass is 19.1. The lowest BCUT2D eigenvalue weighted by Gasteiger charge is -2.44. The molecule has 2 aliphatic rings. The summed E-state index contributed by atoms with van der Waals surface area (Å²) < 4.78 is 24.7. The van der Waals surface area contributed by atoms with E-state index < -0.39 is 12.0 Å². The van der Waals surface area contributed by atoms with Gasteiger partial charge in [-0.1, -0.05) is 42.5 Å². The summed E-state index contributed by atoms with van der Waals surface area (Å²) in [6.45, 7) is 3.04. The number of benzene rings is 3. The first-order valence-corrected chi connectivity index (χ1v) is 12.8. The summed E-state index contributed by atoms with van der Waals surface area (Å²) in [7, 11) is 3.24. The molecule has 3 aromatic rings. The Bertz CT molecular complexity index is 1290. The number of nitrogens with zero attached hydrogens (tertiary/aromatic N) is 3. The number of methoxy groups -OCH3 is 2. The molecule has 0 N–H and O–H groups in total. The first-order valence-electron chi connectivity index (χ1n) is 12.8. The van der Waals surface area contributed by atoms with Crippen molar-refractivity contribution in [2.24, 2.45) is 0 Å². The van der Waals surface area contributed by atoms with E-state index in [1.165, 1.54) is 12.1 Å². The molecule has 2 atom stereocenters. The lowest BCUT2D eigenvalue weighted by molar-refractivity contribution is -0.135. The summed E-state index contributed by atoms with van der Waals surface area (Å²) in [4.78, 5) is 33.7. The Hall–Kier alpha value is -3.91. The van der Waals surface area contributed by atoms with Crippen molar-refractivity contribution in [2.45, 2.75) is 12.0 Å². The minimum Gasteiger partial charge on any atom is -0.495 e. The van der Waals surface area contributed by atoms with Crippen molar-refractivity contribution in [2.75, 3.05) is 58.5 Å². The number of ether oxygens (including phenoxy) is 2. The van der Waals surface area contributed by atoms with Crippen LogP contribution in [0.1, 0.15) is 33.4 Å². The maximum atomic E-state index is 14.3. The molecule has 198 valence electrons. The largest absolute Gasteiger partial charge is 0.495 e. The molecule has 0 unspecified atom stereocenters. The molecule has 3 aromatic carbocycles. The Morgan fingerprint density at radius 2 is 1.61 bits per heavy atom. The molecule has 7 nitrogen and oxygen atoms in total. The van der Waals surface area contributed by atoms with Gasteiger partial charge in [-0.25, -0.2) is 4.39 Å². The number of rotatable bonds is 7. The van der Waals surface area contributed by atoms with Crippen LogP contribution in [-0.4, -0.2) is 75.2 Å². The Morgan fingerprint density at radius 1 is 0.921 bits per heavy atom. The van der Waals surface area contributed by atoms with Gasteiger partial charge in [0.25, 0.3) is 5.91 Å². The number of amides is 2. The van der Waals surface area contributed by atoms with Crippen LogP contribution in [0, 0.1) is 5.82 Å². The fraction of sp³-hybridized carbons (Fsp3) is 0.333. The van der Waals surface area contributed by atoms with Crippen molar-refractivity contribution in [1.29, 1.82) is 0 Å². The Kier molecular flexibility index (Phi) is 7.60. The fourth-order valence-electron chi connectivity index (χ4n) is 5.58. The summed E-state index contributed by atoms with van der Waals surface area (Å²) in [6.07, 6.45) is 0. The van der Waals surface area contributed by atoms with Crippen molar-refractivity contribution >= 4 is 17.5 Å². The van der Waals surface area contributed by atoms with Crippen molar-refractivity contribution in [3.63, 3.8) is 0 Å². The molecule has 0 saturated carbocycles. The smallest absolute Gasteiger partial charge is 0.254 e. The van der Waals surface area contributed by atoms with Crippen molar-refractivity contribution in [3.8, 4) is 5.75 Å². The van der Waals surface area contributed by atoms with Crippen LogP contribution in [-0.2, 0) is 9.53 Å². The van der Waals surface area contributed by atoms with Crippen LogP contribution >= 0.6 is 0 Å². The number of hydrogen-bond donors (Lipinski definition) is 0. The molecule has 1 saturated heterocycles. The zero-order valence-corrected chi connectivity index (χ0v) is 21.7. The molecule has 2 heterocycles. The third-order valence-corrected chi connectivity index (χ3v) is 7.47. The SMILES string of the molecule is COCCN1C(=O)c2ccccc2[C@@H](C(=O)N2CCN(c3ccccc3OC)CC2)[C@@H]1c1ccc(F)cc1. The molecule has 0 radical (unpaired) electrons. The van der Waals surface area contributed by atoms with Crippen LogP contribution in [0.3, 0.4) is 0 Å². The van der Waals surface area contributed by atoms with Gasteiger partial charge >= 0.3 is 0 Å². The number of hydrogen-bond acceptors (Lipinski definition) is 5. The monoisotopic (exact) mass is 517 g/mol. The highest BCUT2D eigenvalue weighted by molar-refractivity contribution is 6.01. The highest BCUT2D eigenvalue weighted by Crippen LogP contribution is 2.44. The first kappa shape index (κ1) is 25.7. The van der Waals surface area contributed by atoms with Gasteiger partial charge in [-0.15, -0.1) is 0 Å². The second kappa shape index (κ2) is 11.2. The van der Waals surface area contributed by atoms with Crippen molar-refractivity contribution < 1.29 is 23.5 Å². The average molecular weight is 518 g/mol. The lowest BCUT2D eigenvalue weighted by atomic mass is 9.78. The normalized spacial score (nSPS) is 19.3. The first-order chi connectivity index (χ1) is 18.5. The lowest BCUT2D eigenvalue weighted by Crippen LogP contribution is -2.53. The van der Waals surface area contributed by atoms with Gasteiger partial charge in [0, 0.05) is 45.4 Å². The van der Waals surface area contributed by atoms with Gasteiger partial charge in [-0.2, -0.15) is 0 Å². The minimum absolute atomic E-state index is 0.0404. The third-order valence-electron chi connectivity index (χ3n) is 7.47. The van der Waals surface area contributed by atoms with Crippen molar-refractivity contribution in [1.82, 2.24) is 9.80 Å². The van der Waals surface area contributed by atoms with Gasteiger partial charge < -0.3 is 24.2 Å². The van der Waals surface area contributed by atoms with Crippen LogP contribution in [0.15, 0.2) is 72.8 Å². The third kappa shape index (κ3) is 4.84. The van der Waals surface area contributed by atoms with E-state index in [9.17, 15) is 14.0 Å². The van der Waals surface area contributed by atoms with Gasteiger partial charge in [0.05, 0.1) is 31.4 Å². The zero-order valence-electron chi connectivity index (χ0n) is 21.7. The van der Waals surface area contributed by atoms with Crippen LogP contribution in [0.25, 0.3) is 0 Å². The molecule has 5 rings (SSSR count). The quantitative estimate of drug-likeness (QED) is 0.472. The number of carbonyl (C=O) groups is 2. The van der Waals surface area contributed by atoms with Crippen LogP contribution < -0.4 is 9.64 Å². The van der Waals surface area contributed by atoms with Gasteiger partial charge in [0.2, 0.25) is 5.91 Å². The molecule has 1 fully saturated rings. The number of para-hydroxylation sites is 2. The molecule has 2 aliphatic heterocycles. The second-order valence-electron chi connectivity index (χ2n) is 9.54. The van der Waals surface area contributed by atoms with E-state index in [-0.39, 0.29) is 17.6 Å². The molecule has 0 aromatic heterocycles. The van der Waals surface area contributed by atoms with Gasteiger partial charge in [-0.3, -0.25) is 9.59 Å². The molecule has 38 heavy (non-hydrogen) atoms. The minimum atomic E-state index is -0.621. The molecule has 0 bridgehead atoms. The van der Waals surface area contributed by atoms with Crippen LogP contribution in [0.4, 0.5) is 10.1 Å². The fourth-order valence-corrected chi connectivity index (χ4v) is 5.58. The maximum Gasteiger partial charge on any atom is 0.254 e. The van der Waals surface area contributed by atoms with Crippen LogP contribution in [0.5, 0.6) is 5.75 Å². The summed E-state index contributed by atoms with van der Waals surface area (Å²) in [5.74, 6) is -0.380. The van der Waals surface area contributed by atoms with E-state index in [1.807, 2.05) is 47.4 Å². The Labute approximate surface area is 222 Å². The van der Waals surface area contributed by atoms with E-state index in [0.717, 1.165) is 17.0 Å². The van der Waals surface area contributed by atoms with E-state index in [2.05, 4.69) is 4.90 Å². The van der Waals surface area contributed by atoms with E-state index in [0.29, 0.717) is 50.5 Å². The van der Waals surface area contributed by atoms with E-state index in [4.69, 9.17) is 9.47 Å². The average Bonchev–Trinajstić information content (AvgIpc) is 2.97. The van der Waals surface area contributed by atoms with E-state index >= 15 is 0 Å². The van der Waals surface area contributed by atoms with Crippen molar-refractivity contribution in [3.05, 3.63) is 95.3 Å². The van der Waals surface area contributed by atoms with Crippen LogP contribution in [0.2, 0.25) is 0 Å². The molecular weight excluding hydrogens is 485 g/mol. The number of piperazine rings is 1. The summed E-state index contributed by atoms with van der Waals surface area (Å²) >= 11 is 0.